The summed E-state index contributed by atoms with van der Waals surface area (Å²) in [5, 5.41) is 21.2. The Morgan fingerprint density at radius 1 is 1.47 bits per heavy atom. The summed E-state index contributed by atoms with van der Waals surface area (Å²) in [7, 11) is 0. The minimum absolute atomic E-state index is 0.0884. The first-order chi connectivity index (χ1) is 8.15. The maximum atomic E-state index is 10.6. The van der Waals surface area contributed by atoms with Gasteiger partial charge in [-0.1, -0.05) is 0 Å². The average molecular weight is 255 g/mol. The summed E-state index contributed by atoms with van der Waals surface area (Å²) in [4.78, 5) is 16.6. The maximum absolute atomic E-state index is 10.6. The Hall–Kier alpha value is -1.21. The lowest BCUT2D eigenvalue weighted by molar-refractivity contribution is -0.380. The van der Waals surface area contributed by atoms with Crippen LogP contribution in [0.15, 0.2) is 6.20 Å². The molecule has 0 aliphatic carbocycles. The van der Waals surface area contributed by atoms with Crippen LogP contribution in [0.5, 0.6) is 0 Å². The number of aliphatic hydroxyl groups excluding tert-OH is 1. The summed E-state index contributed by atoms with van der Waals surface area (Å²) >= 11 is 1.13. The number of hydrogen-bond acceptors (Lipinski definition) is 6. The second-order valence-corrected chi connectivity index (χ2v) is 5.64. The second kappa shape index (κ2) is 3.92. The van der Waals surface area contributed by atoms with E-state index in [1.54, 1.807) is 0 Å². The number of hydrogen-bond donors (Lipinski definition) is 1. The molecule has 2 bridgehead atoms. The first kappa shape index (κ1) is 10.9. The zero-order chi connectivity index (χ0) is 12.0. The fraction of sp³-hybridized carbons (Fsp3) is 0.700. The largest absolute Gasteiger partial charge is 0.393 e. The number of nitrogens with zero attached hydrogens (tertiary/aromatic N) is 3. The summed E-state index contributed by atoms with van der Waals surface area (Å²) in [5.41, 5.74) is 0. The number of anilines is 1. The topological polar surface area (TPSA) is 79.5 Å². The van der Waals surface area contributed by atoms with Gasteiger partial charge >= 0.3 is 5.00 Å². The quantitative estimate of drug-likeness (QED) is 0.640. The van der Waals surface area contributed by atoms with Gasteiger partial charge in [0.1, 0.15) is 6.20 Å². The fourth-order valence-corrected chi connectivity index (χ4v) is 3.80. The fourth-order valence-electron chi connectivity index (χ4n) is 2.92. The van der Waals surface area contributed by atoms with E-state index in [-0.39, 0.29) is 11.1 Å². The highest BCUT2D eigenvalue weighted by molar-refractivity contribution is 7.18. The molecule has 2 fully saturated rings. The van der Waals surface area contributed by atoms with Crippen molar-refractivity contribution in [2.75, 3.05) is 4.90 Å². The number of nitro groups is 1. The van der Waals surface area contributed by atoms with E-state index in [1.165, 1.54) is 6.20 Å². The Morgan fingerprint density at radius 3 is 2.65 bits per heavy atom. The third-order valence-electron chi connectivity index (χ3n) is 3.59. The molecule has 92 valence electrons. The van der Waals surface area contributed by atoms with Gasteiger partial charge in [0.25, 0.3) is 0 Å². The van der Waals surface area contributed by atoms with E-state index in [1.807, 2.05) is 0 Å². The number of piperidine rings is 1. The van der Waals surface area contributed by atoms with Crippen LogP contribution in [0.4, 0.5) is 10.1 Å². The van der Waals surface area contributed by atoms with Crippen LogP contribution in [0.2, 0.25) is 0 Å². The lowest BCUT2D eigenvalue weighted by Gasteiger charge is -2.36. The molecule has 0 radical (unpaired) electrons. The van der Waals surface area contributed by atoms with Gasteiger partial charge in [-0.2, -0.15) is 0 Å². The highest BCUT2D eigenvalue weighted by Crippen LogP contribution is 2.41. The van der Waals surface area contributed by atoms with Gasteiger partial charge in [0.15, 0.2) is 5.13 Å². The van der Waals surface area contributed by atoms with Crippen molar-refractivity contribution >= 4 is 21.5 Å². The summed E-state index contributed by atoms with van der Waals surface area (Å²) in [6.07, 6.45) is 4.71. The number of rotatable bonds is 2. The Bertz CT molecular complexity index is 436. The molecular formula is C10H13N3O3S. The van der Waals surface area contributed by atoms with Gasteiger partial charge in [-0.25, -0.2) is 4.98 Å². The van der Waals surface area contributed by atoms with E-state index in [2.05, 4.69) is 9.88 Å². The highest BCUT2D eigenvalue weighted by atomic mass is 32.1. The lowest BCUT2D eigenvalue weighted by atomic mass is 10.0. The minimum atomic E-state index is -0.401. The van der Waals surface area contributed by atoms with E-state index in [9.17, 15) is 15.2 Å². The van der Waals surface area contributed by atoms with E-state index in [0.29, 0.717) is 12.1 Å². The second-order valence-electron chi connectivity index (χ2n) is 4.66. The van der Waals surface area contributed by atoms with Crippen LogP contribution in [-0.4, -0.2) is 33.2 Å². The van der Waals surface area contributed by atoms with E-state index in [4.69, 9.17) is 0 Å². The van der Waals surface area contributed by atoms with E-state index < -0.39 is 4.92 Å². The van der Waals surface area contributed by atoms with E-state index >= 15 is 0 Å². The first-order valence-corrected chi connectivity index (χ1v) is 6.53. The van der Waals surface area contributed by atoms with Crippen LogP contribution in [0.3, 0.4) is 0 Å². The third-order valence-corrected chi connectivity index (χ3v) is 4.55. The maximum Gasteiger partial charge on any atom is 0.345 e. The van der Waals surface area contributed by atoms with Crippen molar-refractivity contribution in [3.8, 4) is 0 Å². The number of aliphatic hydroxyl groups is 1. The van der Waals surface area contributed by atoms with Crippen LogP contribution in [0.1, 0.15) is 25.7 Å². The van der Waals surface area contributed by atoms with Crippen LogP contribution in [0, 0.1) is 10.1 Å². The number of fused-ring (bicyclic) bond motifs is 2. The third kappa shape index (κ3) is 1.79. The molecule has 6 nitrogen and oxygen atoms in total. The van der Waals surface area contributed by atoms with Gasteiger partial charge in [0.05, 0.1) is 11.0 Å². The summed E-state index contributed by atoms with van der Waals surface area (Å²) in [5.74, 6) is 0. The Balaban J connectivity index is 1.86. The number of aromatic nitrogens is 1. The molecule has 1 aromatic heterocycles. The molecule has 1 aromatic rings. The smallest absolute Gasteiger partial charge is 0.345 e. The molecule has 7 heteroatoms. The lowest BCUT2D eigenvalue weighted by Crippen LogP contribution is -2.44. The molecule has 2 unspecified atom stereocenters. The molecule has 1 N–H and O–H groups in total. The zero-order valence-corrected chi connectivity index (χ0v) is 9.97. The van der Waals surface area contributed by atoms with Gasteiger partial charge in [0.2, 0.25) is 0 Å². The van der Waals surface area contributed by atoms with E-state index in [0.717, 1.165) is 42.2 Å². The monoisotopic (exact) mass is 255 g/mol. The normalized spacial score (nSPS) is 31.8. The van der Waals surface area contributed by atoms with Crippen molar-refractivity contribution in [1.29, 1.82) is 0 Å². The van der Waals surface area contributed by atoms with Gasteiger partial charge in [0, 0.05) is 12.1 Å². The molecule has 3 rings (SSSR count). The Labute approximate surface area is 102 Å². The predicted octanol–water partition coefficient (Wildman–Crippen LogP) is 1.54. The SMILES string of the molecule is O=[N+]([O-])c1cnc(N2C3CCC2CC(O)C3)s1. The van der Waals surface area contributed by atoms with Crippen molar-refractivity contribution in [2.24, 2.45) is 0 Å². The van der Waals surface area contributed by atoms with Gasteiger partial charge in [-0.05, 0) is 37.0 Å². The molecule has 0 amide bonds. The first-order valence-electron chi connectivity index (χ1n) is 5.72. The van der Waals surface area contributed by atoms with Gasteiger partial charge in [-0.3, -0.25) is 10.1 Å². The highest BCUT2D eigenvalue weighted by Gasteiger charge is 2.41. The molecule has 3 heterocycles. The zero-order valence-electron chi connectivity index (χ0n) is 9.15. The van der Waals surface area contributed by atoms with Crippen molar-refractivity contribution in [1.82, 2.24) is 4.98 Å². The van der Waals surface area contributed by atoms with Crippen LogP contribution >= 0.6 is 11.3 Å². The van der Waals surface area contributed by atoms with Crippen LogP contribution in [0.25, 0.3) is 0 Å². The summed E-state index contributed by atoms with van der Waals surface area (Å²) < 4.78 is 0. The Kier molecular flexibility index (Phi) is 2.52. The standard InChI is InChI=1S/C10H13N3O3S/c14-8-3-6-1-2-7(4-8)12(6)10-11-5-9(17-10)13(15)16/h5-8,14H,1-4H2. The molecule has 2 aliphatic heterocycles. The number of thiazole rings is 1. The molecule has 0 saturated carbocycles. The van der Waals surface area contributed by atoms with Crippen molar-refractivity contribution < 1.29 is 10.0 Å². The predicted molar refractivity (Wildman–Crippen MR) is 63.3 cm³/mol. The molecule has 17 heavy (non-hydrogen) atoms. The summed E-state index contributed by atoms with van der Waals surface area (Å²) in [6, 6.07) is 0.601. The van der Waals surface area contributed by atoms with Crippen molar-refractivity contribution in [3.05, 3.63) is 16.3 Å². The Morgan fingerprint density at radius 2 is 2.12 bits per heavy atom. The minimum Gasteiger partial charge on any atom is -0.393 e. The molecule has 0 aromatic carbocycles. The summed E-state index contributed by atoms with van der Waals surface area (Å²) in [6.45, 7) is 0. The van der Waals surface area contributed by atoms with Crippen molar-refractivity contribution in [3.63, 3.8) is 0 Å². The molecular weight excluding hydrogens is 242 g/mol. The molecule has 0 spiro atoms. The average Bonchev–Trinajstić information content (AvgIpc) is 2.82. The van der Waals surface area contributed by atoms with Gasteiger partial charge < -0.3 is 10.0 Å². The van der Waals surface area contributed by atoms with Crippen LogP contribution in [-0.2, 0) is 0 Å². The molecule has 2 saturated heterocycles. The van der Waals surface area contributed by atoms with Crippen molar-refractivity contribution in [2.45, 2.75) is 43.9 Å². The molecule has 2 atom stereocenters. The molecule has 2 aliphatic rings. The van der Waals surface area contributed by atoms with Crippen LogP contribution < -0.4 is 4.90 Å². The van der Waals surface area contributed by atoms with Gasteiger partial charge in [-0.15, -0.1) is 0 Å².